The molecule has 1 aliphatic rings. The second-order valence-corrected chi connectivity index (χ2v) is 6.12. The maximum atomic E-state index is 12.0. The van der Waals surface area contributed by atoms with Crippen molar-refractivity contribution in [2.45, 2.75) is 57.5 Å². The van der Waals surface area contributed by atoms with Crippen LogP contribution in [-0.4, -0.2) is 18.0 Å². The third-order valence-electron chi connectivity index (χ3n) is 4.55. The monoisotopic (exact) mass is 274 g/mol. The molecule has 1 aromatic rings. The van der Waals surface area contributed by atoms with E-state index in [-0.39, 0.29) is 17.9 Å². The Morgan fingerprint density at radius 3 is 2.30 bits per heavy atom. The zero-order chi connectivity index (χ0) is 14.5. The molecule has 0 heterocycles. The number of amides is 1. The first kappa shape index (κ1) is 15.0. The van der Waals surface area contributed by atoms with Crippen LogP contribution in [-0.2, 0) is 4.79 Å². The van der Waals surface area contributed by atoms with Gasteiger partial charge in [0.15, 0.2) is 0 Å². The molecule has 0 bridgehead atoms. The molecular formula is C17H26N2O. The van der Waals surface area contributed by atoms with Gasteiger partial charge in [0.1, 0.15) is 0 Å². The summed E-state index contributed by atoms with van der Waals surface area (Å²) in [5.74, 6) is 0.639. The SMILES string of the molecule is CC(N)C(C)C(=O)NC1CCC(c2ccccc2)CC1. The molecule has 1 amide bonds. The highest BCUT2D eigenvalue weighted by molar-refractivity contribution is 5.79. The Hall–Kier alpha value is -1.35. The molecule has 2 unspecified atom stereocenters. The van der Waals surface area contributed by atoms with Gasteiger partial charge < -0.3 is 11.1 Å². The third kappa shape index (κ3) is 3.83. The summed E-state index contributed by atoms with van der Waals surface area (Å²) in [7, 11) is 0. The number of carbonyl (C=O) groups is 1. The smallest absolute Gasteiger partial charge is 0.224 e. The van der Waals surface area contributed by atoms with Crippen LogP contribution in [0.1, 0.15) is 51.0 Å². The minimum absolute atomic E-state index is 0.0874. The van der Waals surface area contributed by atoms with Gasteiger partial charge in [0.25, 0.3) is 0 Å². The zero-order valence-electron chi connectivity index (χ0n) is 12.5. The zero-order valence-corrected chi connectivity index (χ0v) is 12.5. The molecule has 0 aliphatic heterocycles. The molecule has 1 aromatic carbocycles. The van der Waals surface area contributed by atoms with Crippen LogP contribution in [0.15, 0.2) is 30.3 Å². The summed E-state index contributed by atoms with van der Waals surface area (Å²) in [6.45, 7) is 3.78. The number of rotatable bonds is 4. The number of hydrogen-bond acceptors (Lipinski definition) is 2. The van der Waals surface area contributed by atoms with Gasteiger partial charge in [0.2, 0.25) is 5.91 Å². The second kappa shape index (κ2) is 6.89. The molecule has 20 heavy (non-hydrogen) atoms. The lowest BCUT2D eigenvalue weighted by Crippen LogP contribution is -2.44. The highest BCUT2D eigenvalue weighted by Crippen LogP contribution is 2.32. The van der Waals surface area contributed by atoms with E-state index in [0.717, 1.165) is 25.7 Å². The second-order valence-electron chi connectivity index (χ2n) is 6.12. The molecule has 3 N–H and O–H groups in total. The number of hydrogen-bond donors (Lipinski definition) is 2. The Balaban J connectivity index is 1.81. The Labute approximate surface area is 121 Å². The molecular weight excluding hydrogens is 248 g/mol. The van der Waals surface area contributed by atoms with Gasteiger partial charge >= 0.3 is 0 Å². The fourth-order valence-corrected chi connectivity index (χ4v) is 2.87. The lowest BCUT2D eigenvalue weighted by molar-refractivity contribution is -0.125. The van der Waals surface area contributed by atoms with Crippen molar-refractivity contribution < 1.29 is 4.79 Å². The minimum Gasteiger partial charge on any atom is -0.353 e. The molecule has 110 valence electrons. The van der Waals surface area contributed by atoms with Gasteiger partial charge in [-0.05, 0) is 44.1 Å². The van der Waals surface area contributed by atoms with Crippen molar-refractivity contribution in [2.24, 2.45) is 11.7 Å². The normalized spacial score (nSPS) is 25.8. The average molecular weight is 274 g/mol. The lowest BCUT2D eigenvalue weighted by Gasteiger charge is -2.30. The largest absolute Gasteiger partial charge is 0.353 e. The molecule has 1 saturated carbocycles. The summed E-state index contributed by atoms with van der Waals surface area (Å²) in [4.78, 5) is 12.0. The first-order valence-electron chi connectivity index (χ1n) is 7.69. The van der Waals surface area contributed by atoms with Crippen molar-refractivity contribution >= 4 is 5.91 Å². The van der Waals surface area contributed by atoms with Crippen LogP contribution in [0.2, 0.25) is 0 Å². The summed E-state index contributed by atoms with van der Waals surface area (Å²) in [6, 6.07) is 10.9. The predicted molar refractivity (Wildman–Crippen MR) is 82.4 cm³/mol. The molecule has 0 saturated heterocycles. The van der Waals surface area contributed by atoms with Gasteiger partial charge in [0, 0.05) is 18.0 Å². The van der Waals surface area contributed by atoms with E-state index in [2.05, 4.69) is 35.6 Å². The van der Waals surface area contributed by atoms with E-state index in [1.165, 1.54) is 5.56 Å². The van der Waals surface area contributed by atoms with Crippen LogP contribution in [0, 0.1) is 5.92 Å². The summed E-state index contributed by atoms with van der Waals surface area (Å²) in [5, 5.41) is 3.15. The van der Waals surface area contributed by atoms with Crippen molar-refractivity contribution in [2.75, 3.05) is 0 Å². The molecule has 3 heteroatoms. The van der Waals surface area contributed by atoms with Crippen molar-refractivity contribution in [3.63, 3.8) is 0 Å². The van der Waals surface area contributed by atoms with Gasteiger partial charge in [-0.2, -0.15) is 0 Å². The molecule has 3 nitrogen and oxygen atoms in total. The average Bonchev–Trinajstić information content (AvgIpc) is 2.48. The molecule has 0 spiro atoms. The fraction of sp³-hybridized carbons (Fsp3) is 0.588. The van der Waals surface area contributed by atoms with Crippen LogP contribution in [0.5, 0.6) is 0 Å². The van der Waals surface area contributed by atoms with Crippen molar-refractivity contribution in [3.8, 4) is 0 Å². The van der Waals surface area contributed by atoms with Crippen LogP contribution >= 0.6 is 0 Å². The third-order valence-corrected chi connectivity index (χ3v) is 4.55. The van der Waals surface area contributed by atoms with Gasteiger partial charge in [-0.25, -0.2) is 0 Å². The molecule has 1 aliphatic carbocycles. The van der Waals surface area contributed by atoms with Gasteiger partial charge in [0.05, 0.1) is 0 Å². The highest BCUT2D eigenvalue weighted by atomic mass is 16.1. The van der Waals surface area contributed by atoms with E-state index in [9.17, 15) is 4.79 Å². The van der Waals surface area contributed by atoms with E-state index in [0.29, 0.717) is 12.0 Å². The van der Waals surface area contributed by atoms with Gasteiger partial charge in [-0.15, -0.1) is 0 Å². The number of nitrogens with one attached hydrogen (secondary N) is 1. The summed E-state index contributed by atoms with van der Waals surface area (Å²) in [6.07, 6.45) is 4.44. The number of nitrogens with two attached hydrogens (primary N) is 1. The van der Waals surface area contributed by atoms with Crippen LogP contribution in [0.3, 0.4) is 0 Å². The minimum atomic E-state index is -0.109. The van der Waals surface area contributed by atoms with E-state index in [1.807, 2.05) is 13.8 Å². The Kier molecular flexibility index (Phi) is 5.18. The molecule has 2 atom stereocenters. The first-order valence-corrected chi connectivity index (χ1v) is 7.69. The lowest BCUT2D eigenvalue weighted by atomic mass is 9.81. The summed E-state index contributed by atoms with van der Waals surface area (Å²) in [5.41, 5.74) is 7.21. The Bertz CT molecular complexity index is 422. The maximum Gasteiger partial charge on any atom is 0.224 e. The van der Waals surface area contributed by atoms with E-state index < -0.39 is 0 Å². The predicted octanol–water partition coefficient (Wildman–Crippen LogP) is 2.81. The van der Waals surface area contributed by atoms with Crippen molar-refractivity contribution in [3.05, 3.63) is 35.9 Å². The maximum absolute atomic E-state index is 12.0. The number of benzene rings is 1. The molecule has 2 rings (SSSR count). The number of carbonyl (C=O) groups excluding carboxylic acids is 1. The standard InChI is InChI=1S/C17H26N2O/c1-12(13(2)18)17(20)19-16-10-8-15(9-11-16)14-6-4-3-5-7-14/h3-7,12-13,15-16H,8-11,18H2,1-2H3,(H,19,20). The van der Waals surface area contributed by atoms with Crippen molar-refractivity contribution in [1.82, 2.24) is 5.32 Å². The Morgan fingerprint density at radius 2 is 1.75 bits per heavy atom. The van der Waals surface area contributed by atoms with Crippen molar-refractivity contribution in [1.29, 1.82) is 0 Å². The molecule has 1 fully saturated rings. The highest BCUT2D eigenvalue weighted by Gasteiger charge is 2.25. The molecule has 0 aromatic heterocycles. The quantitative estimate of drug-likeness (QED) is 0.887. The fourth-order valence-electron chi connectivity index (χ4n) is 2.87. The molecule has 0 radical (unpaired) electrons. The first-order chi connectivity index (χ1) is 9.58. The van der Waals surface area contributed by atoms with Gasteiger partial charge in [-0.3, -0.25) is 4.79 Å². The van der Waals surface area contributed by atoms with E-state index in [1.54, 1.807) is 0 Å². The van der Waals surface area contributed by atoms with Gasteiger partial charge in [-0.1, -0.05) is 37.3 Å². The van der Waals surface area contributed by atoms with E-state index in [4.69, 9.17) is 5.73 Å². The summed E-state index contributed by atoms with van der Waals surface area (Å²) >= 11 is 0. The Morgan fingerprint density at radius 1 is 1.15 bits per heavy atom. The summed E-state index contributed by atoms with van der Waals surface area (Å²) < 4.78 is 0. The van der Waals surface area contributed by atoms with Crippen LogP contribution in [0.4, 0.5) is 0 Å². The topological polar surface area (TPSA) is 55.1 Å². The van der Waals surface area contributed by atoms with E-state index >= 15 is 0 Å². The van der Waals surface area contributed by atoms with Crippen LogP contribution < -0.4 is 11.1 Å². The van der Waals surface area contributed by atoms with Crippen LogP contribution in [0.25, 0.3) is 0 Å².